The maximum atomic E-state index is 12.6. The largest absolute Gasteiger partial charge is 0.414 e. The van der Waals surface area contributed by atoms with Crippen molar-refractivity contribution in [2.24, 2.45) is 0 Å². The normalized spacial score (nSPS) is 14.0. The van der Waals surface area contributed by atoms with E-state index in [4.69, 9.17) is 9.47 Å². The summed E-state index contributed by atoms with van der Waals surface area (Å²) in [5.74, 6) is -1.23. The molecule has 3 amide bonds. The van der Waals surface area contributed by atoms with Crippen LogP contribution in [0.5, 0.6) is 5.88 Å². The van der Waals surface area contributed by atoms with Crippen molar-refractivity contribution in [2.45, 2.75) is 50.0 Å². The van der Waals surface area contributed by atoms with Gasteiger partial charge in [-0.2, -0.15) is 0 Å². The molecular weight excluding hydrogens is 488 g/mol. The number of carbonyl (C=O) groups is 3. The molecule has 2 aromatic rings. The minimum Gasteiger partial charge on any atom is -0.391 e. The Morgan fingerprint density at radius 1 is 0.972 bits per heavy atom. The molecule has 11 nitrogen and oxygen atoms in total. The maximum absolute atomic E-state index is 12.6. The number of hydrogen-bond donors (Lipinski definition) is 3. The highest BCUT2D eigenvalue weighted by molar-refractivity contribution is 7.90. The van der Waals surface area contributed by atoms with Crippen molar-refractivity contribution < 1.29 is 32.3 Å². The van der Waals surface area contributed by atoms with E-state index in [2.05, 4.69) is 15.6 Å². The summed E-state index contributed by atoms with van der Waals surface area (Å²) in [6.07, 6.45) is 5.56. The summed E-state index contributed by atoms with van der Waals surface area (Å²) < 4.78 is 37.3. The first kappa shape index (κ1) is 27.1. The van der Waals surface area contributed by atoms with Crippen molar-refractivity contribution in [1.29, 1.82) is 0 Å². The number of rotatable bonds is 10. The van der Waals surface area contributed by atoms with Gasteiger partial charge in [-0.1, -0.05) is 19.3 Å². The quantitative estimate of drug-likeness (QED) is 0.405. The Morgan fingerprint density at radius 2 is 1.67 bits per heavy atom. The second kappa shape index (κ2) is 13.0. The zero-order valence-electron chi connectivity index (χ0n) is 20.0. The van der Waals surface area contributed by atoms with Crippen molar-refractivity contribution in [1.82, 2.24) is 20.3 Å². The Labute approximate surface area is 210 Å². The van der Waals surface area contributed by atoms with Crippen molar-refractivity contribution >= 4 is 27.9 Å². The molecule has 3 N–H and O–H groups in total. The van der Waals surface area contributed by atoms with E-state index < -0.39 is 22.0 Å². The number of nitrogens with zero attached hydrogens (tertiary/aromatic N) is 1. The lowest BCUT2D eigenvalue weighted by Crippen LogP contribution is -2.36. The van der Waals surface area contributed by atoms with Crippen LogP contribution in [0.25, 0.3) is 0 Å². The third kappa shape index (κ3) is 8.02. The molecule has 36 heavy (non-hydrogen) atoms. The lowest BCUT2D eigenvalue weighted by atomic mass is 9.95. The third-order valence-electron chi connectivity index (χ3n) is 5.51. The fourth-order valence-electron chi connectivity index (χ4n) is 3.62. The predicted octanol–water partition coefficient (Wildman–Crippen LogP) is 2.39. The van der Waals surface area contributed by atoms with Gasteiger partial charge in [-0.3, -0.25) is 9.59 Å². The Hall–Kier alpha value is -3.51. The fraction of sp³-hybridized carbons (Fsp3) is 0.417. The van der Waals surface area contributed by atoms with Gasteiger partial charge in [-0.25, -0.2) is 22.9 Å². The summed E-state index contributed by atoms with van der Waals surface area (Å²) in [7, 11) is -4.19. The van der Waals surface area contributed by atoms with E-state index in [1.165, 1.54) is 42.8 Å². The molecule has 3 rings (SSSR count). The molecule has 0 unspecified atom stereocenters. The van der Waals surface area contributed by atoms with Gasteiger partial charge in [0.1, 0.15) is 0 Å². The van der Waals surface area contributed by atoms with E-state index in [0.29, 0.717) is 18.8 Å². The van der Waals surface area contributed by atoms with Crippen LogP contribution < -0.4 is 20.1 Å². The first-order chi connectivity index (χ1) is 17.3. The van der Waals surface area contributed by atoms with Crippen LogP contribution in [0.1, 0.15) is 59.7 Å². The van der Waals surface area contributed by atoms with Gasteiger partial charge in [0.2, 0.25) is 5.88 Å². The van der Waals surface area contributed by atoms with Gasteiger partial charge in [-0.15, -0.1) is 0 Å². The monoisotopic (exact) mass is 518 g/mol. The van der Waals surface area contributed by atoms with Crippen LogP contribution >= 0.6 is 0 Å². The minimum atomic E-state index is -4.19. The molecule has 12 heteroatoms. The lowest BCUT2D eigenvalue weighted by Gasteiger charge is -2.22. The number of carbonyl (C=O) groups excluding carboxylic acids is 3. The van der Waals surface area contributed by atoms with Gasteiger partial charge < -0.3 is 20.1 Å². The number of hydrogen-bond acceptors (Lipinski definition) is 8. The lowest BCUT2D eigenvalue weighted by molar-refractivity contribution is 0.0926. The van der Waals surface area contributed by atoms with Crippen LogP contribution in [0.2, 0.25) is 0 Å². The van der Waals surface area contributed by atoms with E-state index in [1.54, 1.807) is 0 Å². The van der Waals surface area contributed by atoms with Crippen LogP contribution in [-0.2, 0) is 14.8 Å². The molecule has 0 saturated heterocycles. The number of amides is 3. The zero-order valence-corrected chi connectivity index (χ0v) is 20.8. The molecule has 1 aliphatic rings. The third-order valence-corrected chi connectivity index (χ3v) is 6.86. The van der Waals surface area contributed by atoms with Gasteiger partial charge in [0.25, 0.3) is 21.8 Å². The van der Waals surface area contributed by atoms with Crippen LogP contribution in [0.15, 0.2) is 47.5 Å². The van der Waals surface area contributed by atoms with Gasteiger partial charge in [-0.05, 0) is 50.1 Å². The highest BCUT2D eigenvalue weighted by Gasteiger charge is 2.21. The Balaban J connectivity index is 1.54. The molecule has 1 aliphatic carbocycles. The molecule has 0 aliphatic heterocycles. The van der Waals surface area contributed by atoms with Gasteiger partial charge >= 0.3 is 6.09 Å². The van der Waals surface area contributed by atoms with Crippen LogP contribution in [0.4, 0.5) is 4.79 Å². The van der Waals surface area contributed by atoms with E-state index in [0.717, 1.165) is 31.9 Å². The number of benzene rings is 1. The molecular formula is C24H30N4O7S. The highest BCUT2D eigenvalue weighted by atomic mass is 32.2. The maximum Gasteiger partial charge on any atom is 0.414 e. The SMILES string of the molecule is CCOCCNC(=O)Oc1ccc(C(=O)NS(=O)(=O)c2ccc(C(=O)NC3CCCCC3)cc2)cn1. The molecule has 194 valence electrons. The average molecular weight is 519 g/mol. The standard InChI is InChI=1S/C24H30N4O7S/c1-2-34-15-14-25-24(31)35-21-13-10-18(16-26-21)23(30)28-36(32,33)20-11-8-17(9-12-20)22(29)27-19-6-4-3-5-7-19/h8-13,16,19H,2-7,14-15H2,1H3,(H,25,31)(H,27,29)(H,28,30). The molecule has 0 atom stereocenters. The summed E-state index contributed by atoms with van der Waals surface area (Å²) in [6, 6.07) is 8.03. The molecule has 0 spiro atoms. The van der Waals surface area contributed by atoms with Crippen LogP contribution in [0, 0.1) is 0 Å². The van der Waals surface area contributed by atoms with E-state index in [-0.39, 0.29) is 34.8 Å². The van der Waals surface area contributed by atoms with Crippen molar-refractivity contribution in [2.75, 3.05) is 19.8 Å². The molecule has 1 heterocycles. The first-order valence-electron chi connectivity index (χ1n) is 11.8. The Morgan fingerprint density at radius 3 is 2.31 bits per heavy atom. The van der Waals surface area contributed by atoms with Gasteiger partial charge in [0.05, 0.1) is 17.1 Å². The summed E-state index contributed by atoms with van der Waals surface area (Å²) in [5, 5.41) is 5.45. The zero-order chi connectivity index (χ0) is 26.0. The molecule has 0 radical (unpaired) electrons. The minimum absolute atomic E-state index is 0.0499. The number of sulfonamides is 1. The molecule has 1 aromatic carbocycles. The smallest absolute Gasteiger partial charge is 0.391 e. The summed E-state index contributed by atoms with van der Waals surface area (Å²) in [6.45, 7) is 2.96. The number of pyridine rings is 1. The molecule has 1 aromatic heterocycles. The van der Waals surface area contributed by atoms with Crippen molar-refractivity contribution in [3.05, 3.63) is 53.7 Å². The molecule has 1 fully saturated rings. The topological polar surface area (TPSA) is 153 Å². The van der Waals surface area contributed by atoms with Gasteiger partial charge in [0, 0.05) is 37.0 Å². The number of aromatic nitrogens is 1. The average Bonchev–Trinajstić information content (AvgIpc) is 2.87. The fourth-order valence-corrected chi connectivity index (χ4v) is 4.59. The molecule has 0 bridgehead atoms. The molecule has 1 saturated carbocycles. The Kier molecular flexibility index (Phi) is 9.77. The second-order valence-corrected chi connectivity index (χ2v) is 9.85. The van der Waals surface area contributed by atoms with Crippen molar-refractivity contribution in [3.8, 4) is 5.88 Å². The summed E-state index contributed by atoms with van der Waals surface area (Å²) in [5.41, 5.74) is 0.290. The second-order valence-electron chi connectivity index (χ2n) is 8.17. The van der Waals surface area contributed by atoms with Crippen LogP contribution in [0.3, 0.4) is 0 Å². The summed E-state index contributed by atoms with van der Waals surface area (Å²) >= 11 is 0. The van der Waals surface area contributed by atoms with Gasteiger partial charge in [0.15, 0.2) is 0 Å². The van der Waals surface area contributed by atoms with Crippen molar-refractivity contribution in [3.63, 3.8) is 0 Å². The van der Waals surface area contributed by atoms with E-state index in [9.17, 15) is 22.8 Å². The highest BCUT2D eigenvalue weighted by Crippen LogP contribution is 2.18. The van der Waals surface area contributed by atoms with E-state index in [1.807, 2.05) is 11.6 Å². The van der Waals surface area contributed by atoms with Crippen LogP contribution in [-0.4, -0.2) is 57.1 Å². The van der Waals surface area contributed by atoms with E-state index >= 15 is 0 Å². The first-order valence-corrected chi connectivity index (χ1v) is 13.2. The predicted molar refractivity (Wildman–Crippen MR) is 130 cm³/mol. The Bertz CT molecular complexity index is 1150. The summed E-state index contributed by atoms with van der Waals surface area (Å²) in [4.78, 5) is 40.2. The number of nitrogens with one attached hydrogen (secondary N) is 3. The number of ether oxygens (including phenoxy) is 2.